The first-order valence-electron chi connectivity index (χ1n) is 7.81. The number of piperazine rings is 1. The van der Waals surface area contributed by atoms with Gasteiger partial charge < -0.3 is 9.32 Å². The SMILES string of the molecule is C[C@H]1CCC[C@@H](N2CCN(C(=O)c3ccco3)CC2)C1. The summed E-state index contributed by atoms with van der Waals surface area (Å²) in [5.41, 5.74) is 0. The number of hydrogen-bond acceptors (Lipinski definition) is 3. The lowest BCUT2D eigenvalue weighted by molar-refractivity contribution is 0.0465. The van der Waals surface area contributed by atoms with Gasteiger partial charge in [0, 0.05) is 32.2 Å². The molecule has 2 fully saturated rings. The van der Waals surface area contributed by atoms with E-state index in [1.54, 1.807) is 18.4 Å². The van der Waals surface area contributed by atoms with Crippen molar-refractivity contribution < 1.29 is 9.21 Å². The van der Waals surface area contributed by atoms with Gasteiger partial charge in [-0.2, -0.15) is 0 Å². The fraction of sp³-hybridized carbons (Fsp3) is 0.688. The van der Waals surface area contributed by atoms with E-state index in [1.165, 1.54) is 25.7 Å². The number of furan rings is 1. The Morgan fingerprint density at radius 3 is 2.70 bits per heavy atom. The van der Waals surface area contributed by atoms with Crippen LogP contribution in [0.2, 0.25) is 0 Å². The molecule has 20 heavy (non-hydrogen) atoms. The summed E-state index contributed by atoms with van der Waals surface area (Å²) in [5, 5.41) is 0. The highest BCUT2D eigenvalue weighted by atomic mass is 16.3. The van der Waals surface area contributed by atoms with Gasteiger partial charge in [0.25, 0.3) is 5.91 Å². The molecular weight excluding hydrogens is 252 g/mol. The molecule has 0 unspecified atom stereocenters. The summed E-state index contributed by atoms with van der Waals surface area (Å²) >= 11 is 0. The molecule has 1 aromatic heterocycles. The molecule has 1 saturated heterocycles. The van der Waals surface area contributed by atoms with Crippen molar-refractivity contribution in [2.75, 3.05) is 26.2 Å². The lowest BCUT2D eigenvalue weighted by atomic mass is 9.86. The number of amides is 1. The van der Waals surface area contributed by atoms with Crippen LogP contribution in [-0.2, 0) is 0 Å². The average molecular weight is 276 g/mol. The minimum absolute atomic E-state index is 0.0339. The minimum atomic E-state index is 0.0339. The summed E-state index contributed by atoms with van der Waals surface area (Å²) < 4.78 is 5.20. The average Bonchev–Trinajstić information content (AvgIpc) is 3.01. The maximum absolute atomic E-state index is 12.2. The fourth-order valence-electron chi connectivity index (χ4n) is 3.58. The van der Waals surface area contributed by atoms with E-state index < -0.39 is 0 Å². The Balaban J connectivity index is 1.53. The maximum Gasteiger partial charge on any atom is 0.289 e. The first-order chi connectivity index (χ1) is 9.74. The van der Waals surface area contributed by atoms with Crippen LogP contribution >= 0.6 is 0 Å². The van der Waals surface area contributed by atoms with E-state index in [0.717, 1.165) is 38.1 Å². The van der Waals surface area contributed by atoms with Crippen molar-refractivity contribution in [2.24, 2.45) is 5.92 Å². The summed E-state index contributed by atoms with van der Waals surface area (Å²) in [6.45, 7) is 6.02. The monoisotopic (exact) mass is 276 g/mol. The van der Waals surface area contributed by atoms with E-state index in [9.17, 15) is 4.79 Å². The normalized spacial score (nSPS) is 28.6. The first-order valence-corrected chi connectivity index (χ1v) is 7.81. The third kappa shape index (κ3) is 2.90. The molecule has 4 heteroatoms. The first kappa shape index (κ1) is 13.7. The summed E-state index contributed by atoms with van der Waals surface area (Å²) in [6, 6.07) is 4.25. The van der Waals surface area contributed by atoms with Crippen LogP contribution in [0.1, 0.15) is 43.2 Å². The quantitative estimate of drug-likeness (QED) is 0.833. The topological polar surface area (TPSA) is 36.7 Å². The van der Waals surface area contributed by atoms with Crippen molar-refractivity contribution in [3.63, 3.8) is 0 Å². The maximum atomic E-state index is 12.2. The van der Waals surface area contributed by atoms with Crippen LogP contribution in [0.15, 0.2) is 22.8 Å². The molecule has 1 amide bonds. The van der Waals surface area contributed by atoms with Gasteiger partial charge >= 0.3 is 0 Å². The molecule has 0 aromatic carbocycles. The molecule has 2 aliphatic rings. The van der Waals surface area contributed by atoms with Gasteiger partial charge in [-0.3, -0.25) is 9.69 Å². The lowest BCUT2D eigenvalue weighted by Crippen LogP contribution is -2.52. The minimum Gasteiger partial charge on any atom is -0.459 e. The molecule has 2 heterocycles. The highest BCUT2D eigenvalue weighted by molar-refractivity contribution is 5.91. The third-order valence-electron chi connectivity index (χ3n) is 4.76. The van der Waals surface area contributed by atoms with Gasteiger partial charge in [-0.1, -0.05) is 19.8 Å². The molecular formula is C16H24N2O2. The number of carbonyl (C=O) groups excluding carboxylic acids is 1. The highest BCUT2D eigenvalue weighted by Crippen LogP contribution is 2.28. The Morgan fingerprint density at radius 2 is 2.05 bits per heavy atom. The smallest absolute Gasteiger partial charge is 0.289 e. The van der Waals surface area contributed by atoms with E-state index in [2.05, 4.69) is 11.8 Å². The van der Waals surface area contributed by atoms with Crippen LogP contribution < -0.4 is 0 Å². The van der Waals surface area contributed by atoms with Crippen molar-refractivity contribution in [1.82, 2.24) is 9.80 Å². The number of carbonyl (C=O) groups is 1. The second-order valence-electron chi connectivity index (χ2n) is 6.23. The highest BCUT2D eigenvalue weighted by Gasteiger charge is 2.29. The molecule has 1 aromatic rings. The Bertz CT molecular complexity index is 435. The standard InChI is InChI=1S/C16H24N2O2/c1-13-4-2-5-14(12-13)17-7-9-18(10-8-17)16(19)15-6-3-11-20-15/h3,6,11,13-14H,2,4-5,7-10,12H2,1H3/t13-,14+/m0/s1. The summed E-state index contributed by atoms with van der Waals surface area (Å²) in [5.74, 6) is 1.35. The zero-order chi connectivity index (χ0) is 13.9. The number of rotatable bonds is 2. The van der Waals surface area contributed by atoms with Crippen LogP contribution in [-0.4, -0.2) is 47.9 Å². The Morgan fingerprint density at radius 1 is 1.25 bits per heavy atom. The molecule has 4 nitrogen and oxygen atoms in total. The molecule has 1 saturated carbocycles. The van der Waals surface area contributed by atoms with Crippen LogP contribution in [0.3, 0.4) is 0 Å². The van der Waals surface area contributed by atoms with E-state index >= 15 is 0 Å². The second-order valence-corrected chi connectivity index (χ2v) is 6.23. The van der Waals surface area contributed by atoms with Crippen LogP contribution in [0.4, 0.5) is 0 Å². The third-order valence-corrected chi connectivity index (χ3v) is 4.76. The molecule has 0 bridgehead atoms. The molecule has 1 aliphatic heterocycles. The molecule has 110 valence electrons. The molecule has 0 radical (unpaired) electrons. The van der Waals surface area contributed by atoms with Crippen molar-refractivity contribution in [3.05, 3.63) is 24.2 Å². The predicted molar refractivity (Wildman–Crippen MR) is 77.6 cm³/mol. The molecule has 1 aliphatic carbocycles. The molecule has 0 N–H and O–H groups in total. The molecule has 2 atom stereocenters. The van der Waals surface area contributed by atoms with Crippen molar-refractivity contribution in [1.29, 1.82) is 0 Å². The van der Waals surface area contributed by atoms with Gasteiger partial charge in [0.2, 0.25) is 0 Å². The van der Waals surface area contributed by atoms with Crippen LogP contribution in [0.5, 0.6) is 0 Å². The van der Waals surface area contributed by atoms with E-state index in [0.29, 0.717) is 5.76 Å². The Hall–Kier alpha value is -1.29. The van der Waals surface area contributed by atoms with Gasteiger partial charge in [-0.25, -0.2) is 0 Å². The van der Waals surface area contributed by atoms with Gasteiger partial charge in [0.05, 0.1) is 6.26 Å². The van der Waals surface area contributed by atoms with Gasteiger partial charge in [-0.15, -0.1) is 0 Å². The molecule has 0 spiro atoms. The van der Waals surface area contributed by atoms with Crippen molar-refractivity contribution in [3.8, 4) is 0 Å². The number of nitrogens with zero attached hydrogens (tertiary/aromatic N) is 2. The van der Waals surface area contributed by atoms with Crippen molar-refractivity contribution in [2.45, 2.75) is 38.6 Å². The zero-order valence-electron chi connectivity index (χ0n) is 12.3. The van der Waals surface area contributed by atoms with Crippen LogP contribution in [0, 0.1) is 5.92 Å². The Kier molecular flexibility index (Phi) is 4.10. The largest absolute Gasteiger partial charge is 0.459 e. The van der Waals surface area contributed by atoms with E-state index in [1.807, 2.05) is 4.90 Å². The second kappa shape index (κ2) is 6.00. The van der Waals surface area contributed by atoms with Gasteiger partial charge in [0.1, 0.15) is 0 Å². The van der Waals surface area contributed by atoms with Crippen molar-refractivity contribution >= 4 is 5.91 Å². The van der Waals surface area contributed by atoms with E-state index in [-0.39, 0.29) is 5.91 Å². The van der Waals surface area contributed by atoms with Gasteiger partial charge in [-0.05, 0) is 30.9 Å². The van der Waals surface area contributed by atoms with E-state index in [4.69, 9.17) is 4.42 Å². The summed E-state index contributed by atoms with van der Waals surface area (Å²) in [6.07, 6.45) is 6.96. The van der Waals surface area contributed by atoms with Gasteiger partial charge in [0.15, 0.2) is 5.76 Å². The number of hydrogen-bond donors (Lipinski definition) is 0. The summed E-state index contributed by atoms with van der Waals surface area (Å²) in [4.78, 5) is 16.7. The fourth-order valence-corrected chi connectivity index (χ4v) is 3.58. The summed E-state index contributed by atoms with van der Waals surface area (Å²) in [7, 11) is 0. The zero-order valence-corrected chi connectivity index (χ0v) is 12.3. The predicted octanol–water partition coefficient (Wildman–Crippen LogP) is 2.62. The lowest BCUT2D eigenvalue weighted by Gasteiger charge is -2.41. The molecule has 3 rings (SSSR count). The Labute approximate surface area is 120 Å². The van der Waals surface area contributed by atoms with Crippen LogP contribution in [0.25, 0.3) is 0 Å².